The molecule has 0 unspecified atom stereocenters. The molecule has 1 heterocycles. The maximum Gasteiger partial charge on any atom is 0.271 e. The summed E-state index contributed by atoms with van der Waals surface area (Å²) in [7, 11) is -3.57. The molecule has 142 valence electrons. The lowest BCUT2D eigenvalue weighted by Crippen LogP contribution is -2.35. The number of carbonyl (C=O) groups excluding carboxylic acids is 1. The summed E-state index contributed by atoms with van der Waals surface area (Å²) in [6, 6.07) is 13.8. The van der Waals surface area contributed by atoms with Crippen molar-refractivity contribution >= 4 is 22.1 Å². The van der Waals surface area contributed by atoms with Crippen LogP contribution in [-0.2, 0) is 10.0 Å². The van der Waals surface area contributed by atoms with Gasteiger partial charge < -0.3 is 0 Å². The standard InChI is InChI=1S/C20H23N3O3S/c1-16-8-3-4-9-18(16)15-21-22-20(24)17-10-7-11-19(14-17)27(25,26)23-12-5-2-6-13-23/h3-4,7-11,14-15H,2,5-6,12-13H2,1H3,(H,22,24). The Kier molecular flexibility index (Phi) is 6.03. The molecule has 27 heavy (non-hydrogen) atoms. The first kappa shape index (κ1) is 19.3. The van der Waals surface area contributed by atoms with E-state index in [1.807, 2.05) is 31.2 Å². The molecular formula is C20H23N3O3S. The number of amides is 1. The Bertz CT molecular complexity index is 948. The SMILES string of the molecule is Cc1ccccc1C=NNC(=O)c1cccc(S(=O)(=O)N2CCCCC2)c1. The quantitative estimate of drug-likeness (QED) is 0.635. The average Bonchev–Trinajstić information content (AvgIpc) is 2.70. The van der Waals surface area contributed by atoms with Gasteiger partial charge in [0.15, 0.2) is 0 Å². The van der Waals surface area contributed by atoms with E-state index in [1.165, 1.54) is 16.4 Å². The minimum Gasteiger partial charge on any atom is -0.267 e. The summed E-state index contributed by atoms with van der Waals surface area (Å²) in [5, 5.41) is 3.98. The second-order valence-electron chi connectivity index (χ2n) is 6.55. The lowest BCUT2D eigenvalue weighted by atomic mass is 10.1. The van der Waals surface area contributed by atoms with Gasteiger partial charge in [0.2, 0.25) is 10.0 Å². The third-order valence-corrected chi connectivity index (χ3v) is 6.50. The largest absolute Gasteiger partial charge is 0.271 e. The molecule has 0 saturated carbocycles. The third-order valence-electron chi connectivity index (χ3n) is 4.61. The number of nitrogens with zero attached hydrogens (tertiary/aromatic N) is 2. The zero-order valence-electron chi connectivity index (χ0n) is 15.3. The Morgan fingerprint density at radius 2 is 1.81 bits per heavy atom. The number of hydrazone groups is 1. The van der Waals surface area contributed by atoms with Crippen LogP contribution in [-0.4, -0.2) is 37.9 Å². The Labute approximate surface area is 159 Å². The van der Waals surface area contributed by atoms with E-state index in [4.69, 9.17) is 0 Å². The first-order valence-corrected chi connectivity index (χ1v) is 10.4. The van der Waals surface area contributed by atoms with Gasteiger partial charge in [0.1, 0.15) is 0 Å². The molecule has 1 saturated heterocycles. The summed E-state index contributed by atoms with van der Waals surface area (Å²) in [4.78, 5) is 12.5. The van der Waals surface area contributed by atoms with Crippen LogP contribution in [0, 0.1) is 6.92 Å². The molecular weight excluding hydrogens is 362 g/mol. The minimum absolute atomic E-state index is 0.139. The molecule has 1 amide bonds. The number of carbonyl (C=O) groups is 1. The maximum absolute atomic E-state index is 12.8. The van der Waals surface area contributed by atoms with E-state index in [2.05, 4.69) is 10.5 Å². The van der Waals surface area contributed by atoms with Gasteiger partial charge in [-0.15, -0.1) is 0 Å². The van der Waals surface area contributed by atoms with Crippen molar-refractivity contribution in [2.75, 3.05) is 13.1 Å². The van der Waals surface area contributed by atoms with Gasteiger partial charge in [0, 0.05) is 18.7 Å². The Morgan fingerprint density at radius 3 is 2.56 bits per heavy atom. The highest BCUT2D eigenvalue weighted by Gasteiger charge is 2.26. The van der Waals surface area contributed by atoms with Gasteiger partial charge in [-0.25, -0.2) is 13.8 Å². The number of piperidine rings is 1. The fourth-order valence-electron chi connectivity index (χ4n) is 3.01. The predicted octanol–water partition coefficient (Wildman–Crippen LogP) is 2.93. The van der Waals surface area contributed by atoms with Gasteiger partial charge in [-0.2, -0.15) is 9.41 Å². The van der Waals surface area contributed by atoms with Gasteiger partial charge in [0.05, 0.1) is 11.1 Å². The molecule has 1 fully saturated rings. The molecule has 0 radical (unpaired) electrons. The van der Waals surface area contributed by atoms with E-state index < -0.39 is 15.9 Å². The zero-order valence-corrected chi connectivity index (χ0v) is 16.1. The van der Waals surface area contributed by atoms with E-state index in [0.29, 0.717) is 13.1 Å². The molecule has 7 heteroatoms. The summed E-state index contributed by atoms with van der Waals surface area (Å²) in [5.74, 6) is -0.449. The molecule has 2 aromatic rings. The topological polar surface area (TPSA) is 78.8 Å². The monoisotopic (exact) mass is 385 g/mol. The normalized spacial score (nSPS) is 15.7. The number of hydrogen-bond acceptors (Lipinski definition) is 4. The predicted molar refractivity (Wildman–Crippen MR) is 105 cm³/mol. The molecule has 3 rings (SSSR count). The smallest absolute Gasteiger partial charge is 0.267 e. The molecule has 1 N–H and O–H groups in total. The maximum atomic E-state index is 12.8. The van der Waals surface area contributed by atoms with E-state index in [-0.39, 0.29) is 10.5 Å². The second kappa shape index (κ2) is 8.45. The Morgan fingerprint density at radius 1 is 1.07 bits per heavy atom. The summed E-state index contributed by atoms with van der Waals surface area (Å²) in [6.45, 7) is 3.01. The van der Waals surface area contributed by atoms with E-state index in [9.17, 15) is 13.2 Å². The van der Waals surface area contributed by atoms with Crippen LogP contribution in [0.25, 0.3) is 0 Å². The van der Waals surface area contributed by atoms with E-state index >= 15 is 0 Å². The number of rotatable bonds is 5. The van der Waals surface area contributed by atoms with Crippen molar-refractivity contribution in [1.29, 1.82) is 0 Å². The van der Waals surface area contributed by atoms with Crippen LogP contribution in [0.2, 0.25) is 0 Å². The van der Waals surface area contributed by atoms with E-state index in [0.717, 1.165) is 30.4 Å². The van der Waals surface area contributed by atoms with Crippen LogP contribution >= 0.6 is 0 Å². The van der Waals surface area contributed by atoms with Crippen molar-refractivity contribution in [1.82, 2.24) is 9.73 Å². The first-order chi connectivity index (χ1) is 13.0. The Hall–Kier alpha value is -2.51. The molecule has 0 bridgehead atoms. The van der Waals surface area contributed by atoms with Gasteiger partial charge in [-0.05, 0) is 49.1 Å². The number of nitrogens with one attached hydrogen (secondary N) is 1. The number of benzene rings is 2. The second-order valence-corrected chi connectivity index (χ2v) is 8.49. The van der Waals surface area contributed by atoms with Crippen LogP contribution < -0.4 is 5.43 Å². The molecule has 6 nitrogen and oxygen atoms in total. The lowest BCUT2D eigenvalue weighted by molar-refractivity contribution is 0.0955. The third kappa shape index (κ3) is 4.61. The number of hydrogen-bond donors (Lipinski definition) is 1. The molecule has 0 aliphatic carbocycles. The van der Waals surface area contributed by atoms with Crippen LogP contribution in [0.15, 0.2) is 58.5 Å². The molecule has 1 aliphatic rings. The minimum atomic E-state index is -3.57. The molecule has 0 aromatic heterocycles. The fraction of sp³-hybridized carbons (Fsp3) is 0.300. The van der Waals surface area contributed by atoms with Gasteiger partial charge in [-0.1, -0.05) is 36.8 Å². The number of aryl methyl sites for hydroxylation is 1. The number of sulfonamides is 1. The zero-order chi connectivity index (χ0) is 19.3. The van der Waals surface area contributed by atoms with Crippen LogP contribution in [0.1, 0.15) is 40.7 Å². The molecule has 0 atom stereocenters. The molecule has 0 spiro atoms. The average molecular weight is 385 g/mol. The van der Waals surface area contributed by atoms with Crippen LogP contribution in [0.3, 0.4) is 0 Å². The molecule has 1 aliphatic heterocycles. The summed E-state index contributed by atoms with van der Waals surface area (Å²) >= 11 is 0. The van der Waals surface area contributed by atoms with Crippen molar-refractivity contribution in [2.45, 2.75) is 31.1 Å². The highest BCUT2D eigenvalue weighted by Crippen LogP contribution is 2.21. The fourth-order valence-corrected chi connectivity index (χ4v) is 4.57. The van der Waals surface area contributed by atoms with Gasteiger partial charge >= 0.3 is 0 Å². The van der Waals surface area contributed by atoms with E-state index in [1.54, 1.807) is 18.3 Å². The van der Waals surface area contributed by atoms with Crippen LogP contribution in [0.4, 0.5) is 0 Å². The van der Waals surface area contributed by atoms with Crippen molar-refractivity contribution in [2.24, 2.45) is 5.10 Å². The first-order valence-electron chi connectivity index (χ1n) is 8.98. The van der Waals surface area contributed by atoms with Crippen LogP contribution in [0.5, 0.6) is 0 Å². The summed E-state index contributed by atoms with van der Waals surface area (Å²) < 4.78 is 27.0. The van der Waals surface area contributed by atoms with Gasteiger partial charge in [0.25, 0.3) is 5.91 Å². The molecule has 2 aromatic carbocycles. The highest BCUT2D eigenvalue weighted by atomic mass is 32.2. The van der Waals surface area contributed by atoms with Crippen molar-refractivity contribution in [3.05, 3.63) is 65.2 Å². The van der Waals surface area contributed by atoms with Crippen molar-refractivity contribution < 1.29 is 13.2 Å². The van der Waals surface area contributed by atoms with Crippen molar-refractivity contribution in [3.8, 4) is 0 Å². The van der Waals surface area contributed by atoms with Gasteiger partial charge in [-0.3, -0.25) is 4.79 Å². The lowest BCUT2D eigenvalue weighted by Gasteiger charge is -2.25. The van der Waals surface area contributed by atoms with Crippen molar-refractivity contribution in [3.63, 3.8) is 0 Å². The Balaban J connectivity index is 1.73. The summed E-state index contributed by atoms with van der Waals surface area (Å²) in [5.41, 5.74) is 4.66. The summed E-state index contributed by atoms with van der Waals surface area (Å²) in [6.07, 6.45) is 4.36. The highest BCUT2D eigenvalue weighted by molar-refractivity contribution is 7.89.